The quantitative estimate of drug-likeness (QED) is 0.492. The molecule has 0 N–H and O–H groups in total. The van der Waals surface area contributed by atoms with Crippen LogP contribution in [-0.4, -0.2) is 22.5 Å². The molecule has 0 radical (unpaired) electrons. The van der Waals surface area contributed by atoms with Gasteiger partial charge in [0.2, 0.25) is 5.82 Å². The van der Waals surface area contributed by atoms with E-state index in [0.29, 0.717) is 0 Å². The molecule has 0 saturated heterocycles. The largest absolute Gasteiger partial charge is 0.461 e. The first kappa shape index (κ1) is 15.0. The number of ether oxygens (including phenoxy) is 1. The molecule has 1 aromatic heterocycles. The van der Waals surface area contributed by atoms with Crippen molar-refractivity contribution in [3.63, 3.8) is 0 Å². The topological polar surface area (TPSA) is 82.3 Å². The molecule has 1 heterocycles. The Morgan fingerprint density at radius 2 is 2.19 bits per heavy atom. The minimum absolute atomic E-state index is 0.109. The maximum absolute atomic E-state index is 14.0. The van der Waals surface area contributed by atoms with Crippen LogP contribution in [0.4, 0.5) is 14.5 Å². The van der Waals surface area contributed by atoms with Crippen LogP contribution >= 0.6 is 11.3 Å². The second-order valence-electron chi connectivity index (χ2n) is 3.77. The van der Waals surface area contributed by atoms with Crippen LogP contribution in [0, 0.1) is 21.7 Å². The molecule has 0 spiro atoms. The number of carbonyl (C=O) groups excluding carboxylic acids is 1. The van der Waals surface area contributed by atoms with Crippen LogP contribution < -0.4 is 0 Å². The monoisotopic (exact) mass is 314 g/mol. The molecule has 0 fully saturated rings. The van der Waals surface area contributed by atoms with E-state index in [4.69, 9.17) is 4.74 Å². The summed E-state index contributed by atoms with van der Waals surface area (Å²) in [6.07, 6.45) is 0. The van der Waals surface area contributed by atoms with Gasteiger partial charge in [0.05, 0.1) is 17.1 Å². The molecular formula is C12H8F2N2O4S. The maximum Gasteiger partial charge on any atom is 0.357 e. The molecule has 9 heteroatoms. The summed E-state index contributed by atoms with van der Waals surface area (Å²) in [5.74, 6) is -3.06. The fraction of sp³-hybridized carbons (Fsp3) is 0.167. The summed E-state index contributed by atoms with van der Waals surface area (Å²) < 4.78 is 32.4. The van der Waals surface area contributed by atoms with E-state index in [1.165, 1.54) is 5.38 Å². The van der Waals surface area contributed by atoms with Crippen molar-refractivity contribution in [1.29, 1.82) is 0 Å². The number of nitro groups is 1. The van der Waals surface area contributed by atoms with E-state index in [1.54, 1.807) is 6.92 Å². The van der Waals surface area contributed by atoms with E-state index in [-0.39, 0.29) is 17.3 Å². The number of halogens is 2. The van der Waals surface area contributed by atoms with Gasteiger partial charge in [0.15, 0.2) is 5.69 Å². The molecule has 0 amide bonds. The van der Waals surface area contributed by atoms with E-state index in [2.05, 4.69) is 4.98 Å². The summed E-state index contributed by atoms with van der Waals surface area (Å²) in [4.78, 5) is 24.9. The fourth-order valence-electron chi connectivity index (χ4n) is 1.57. The number of hydrogen-bond donors (Lipinski definition) is 0. The normalized spacial score (nSPS) is 10.4. The number of aromatic nitrogens is 1. The van der Waals surface area contributed by atoms with Crippen LogP contribution in [0.5, 0.6) is 0 Å². The third-order valence-electron chi connectivity index (χ3n) is 2.47. The van der Waals surface area contributed by atoms with Crippen LogP contribution in [0.25, 0.3) is 10.6 Å². The molecule has 0 unspecified atom stereocenters. The summed E-state index contributed by atoms with van der Waals surface area (Å²) >= 11 is 0.791. The number of thiazole rings is 1. The zero-order chi connectivity index (χ0) is 15.6. The molecule has 0 aliphatic carbocycles. The van der Waals surface area contributed by atoms with Crippen LogP contribution in [0.15, 0.2) is 17.5 Å². The number of benzene rings is 1. The van der Waals surface area contributed by atoms with Crippen LogP contribution in [0.2, 0.25) is 0 Å². The highest BCUT2D eigenvalue weighted by atomic mass is 32.1. The minimum atomic E-state index is -1.33. The van der Waals surface area contributed by atoms with Gasteiger partial charge in [-0.05, 0) is 13.0 Å². The Morgan fingerprint density at radius 1 is 1.48 bits per heavy atom. The van der Waals surface area contributed by atoms with Crippen LogP contribution in [0.3, 0.4) is 0 Å². The molecule has 0 aliphatic rings. The standard InChI is InChI=1S/C12H8F2N2O4S/c1-2-20-12(17)7-5-21-11(15-7)9-6(13)3-4-8(10(9)14)16(18)19/h3-5H,2H2,1H3. The zero-order valence-corrected chi connectivity index (χ0v) is 11.4. The Kier molecular flexibility index (Phi) is 4.22. The third-order valence-corrected chi connectivity index (χ3v) is 3.33. The summed E-state index contributed by atoms with van der Waals surface area (Å²) in [6, 6.07) is 1.51. The van der Waals surface area contributed by atoms with E-state index in [0.717, 1.165) is 23.5 Å². The van der Waals surface area contributed by atoms with Crippen molar-refractivity contribution in [3.05, 3.63) is 45.0 Å². The first-order valence-corrected chi connectivity index (χ1v) is 6.59. The summed E-state index contributed by atoms with van der Waals surface area (Å²) in [7, 11) is 0. The summed E-state index contributed by atoms with van der Waals surface area (Å²) in [5.41, 5.74) is -1.61. The maximum atomic E-state index is 14.0. The molecule has 2 aromatic rings. The van der Waals surface area contributed by atoms with Gasteiger partial charge in [-0.2, -0.15) is 4.39 Å². The lowest BCUT2D eigenvalue weighted by atomic mass is 10.2. The van der Waals surface area contributed by atoms with Gasteiger partial charge < -0.3 is 4.74 Å². The van der Waals surface area contributed by atoms with Crippen molar-refractivity contribution < 1.29 is 23.2 Å². The average molecular weight is 314 g/mol. The van der Waals surface area contributed by atoms with Gasteiger partial charge in [0.25, 0.3) is 0 Å². The number of esters is 1. The number of nitrogens with zero attached hydrogens (tertiary/aromatic N) is 2. The van der Waals surface area contributed by atoms with Crippen molar-refractivity contribution in [1.82, 2.24) is 4.98 Å². The average Bonchev–Trinajstić information content (AvgIpc) is 2.88. The summed E-state index contributed by atoms with van der Waals surface area (Å²) in [6.45, 7) is 1.73. The molecule has 110 valence electrons. The SMILES string of the molecule is CCOC(=O)c1csc(-c2c(F)ccc([N+](=O)[O-])c2F)n1. The number of carbonyl (C=O) groups is 1. The summed E-state index contributed by atoms with van der Waals surface area (Å²) in [5, 5.41) is 11.8. The van der Waals surface area contributed by atoms with E-state index in [1.807, 2.05) is 0 Å². The van der Waals surface area contributed by atoms with E-state index < -0.39 is 33.8 Å². The highest BCUT2D eigenvalue weighted by Gasteiger charge is 2.25. The lowest BCUT2D eigenvalue weighted by Crippen LogP contribution is -2.05. The van der Waals surface area contributed by atoms with Crippen LogP contribution in [0.1, 0.15) is 17.4 Å². The second kappa shape index (κ2) is 5.92. The molecule has 1 aromatic carbocycles. The predicted octanol–water partition coefficient (Wildman–Crippen LogP) is 3.17. The first-order chi connectivity index (χ1) is 9.95. The number of hydrogen-bond acceptors (Lipinski definition) is 6. The van der Waals surface area contributed by atoms with Gasteiger partial charge in [-0.3, -0.25) is 10.1 Å². The van der Waals surface area contributed by atoms with Crippen molar-refractivity contribution in [3.8, 4) is 10.6 Å². The molecular weight excluding hydrogens is 306 g/mol. The minimum Gasteiger partial charge on any atom is -0.461 e. The smallest absolute Gasteiger partial charge is 0.357 e. The van der Waals surface area contributed by atoms with Crippen molar-refractivity contribution in [2.75, 3.05) is 6.61 Å². The number of rotatable bonds is 4. The first-order valence-electron chi connectivity index (χ1n) is 5.71. The third kappa shape index (κ3) is 2.87. The molecule has 6 nitrogen and oxygen atoms in total. The molecule has 2 rings (SSSR count). The molecule has 0 bridgehead atoms. The van der Waals surface area contributed by atoms with Gasteiger partial charge in [-0.1, -0.05) is 0 Å². The van der Waals surface area contributed by atoms with Crippen molar-refractivity contribution in [2.24, 2.45) is 0 Å². The Morgan fingerprint density at radius 3 is 2.81 bits per heavy atom. The van der Waals surface area contributed by atoms with E-state index >= 15 is 0 Å². The predicted molar refractivity (Wildman–Crippen MR) is 70.1 cm³/mol. The Bertz CT molecular complexity index is 717. The number of nitro benzene ring substituents is 1. The Labute approximate surface area is 121 Å². The van der Waals surface area contributed by atoms with Gasteiger partial charge in [0, 0.05) is 11.4 Å². The molecule has 0 aliphatic heterocycles. The van der Waals surface area contributed by atoms with Gasteiger partial charge in [-0.25, -0.2) is 14.2 Å². The molecule has 21 heavy (non-hydrogen) atoms. The lowest BCUT2D eigenvalue weighted by Gasteiger charge is -2.02. The Balaban J connectivity index is 2.50. The highest BCUT2D eigenvalue weighted by Crippen LogP contribution is 2.33. The second-order valence-corrected chi connectivity index (χ2v) is 4.63. The fourth-order valence-corrected chi connectivity index (χ4v) is 2.39. The van der Waals surface area contributed by atoms with Gasteiger partial charge in [0.1, 0.15) is 10.8 Å². The molecule has 0 atom stereocenters. The lowest BCUT2D eigenvalue weighted by molar-refractivity contribution is -0.387. The molecule has 0 saturated carbocycles. The Hall–Kier alpha value is -2.42. The zero-order valence-electron chi connectivity index (χ0n) is 10.6. The highest BCUT2D eigenvalue weighted by molar-refractivity contribution is 7.13. The van der Waals surface area contributed by atoms with Gasteiger partial charge in [-0.15, -0.1) is 11.3 Å². The van der Waals surface area contributed by atoms with Crippen molar-refractivity contribution >= 4 is 23.0 Å². The van der Waals surface area contributed by atoms with Crippen LogP contribution in [-0.2, 0) is 4.74 Å². The van der Waals surface area contributed by atoms with Crippen molar-refractivity contribution in [2.45, 2.75) is 6.92 Å². The van der Waals surface area contributed by atoms with Gasteiger partial charge >= 0.3 is 11.7 Å². The van der Waals surface area contributed by atoms with E-state index in [9.17, 15) is 23.7 Å².